The number of aromatic hydroxyl groups is 1. The van der Waals surface area contributed by atoms with Crippen molar-refractivity contribution in [1.82, 2.24) is 30.4 Å². The number of piperidine rings is 1. The third kappa shape index (κ3) is 6.35. The van der Waals surface area contributed by atoms with Gasteiger partial charge in [-0.1, -0.05) is 29.3 Å². The van der Waals surface area contributed by atoms with Gasteiger partial charge in [0.05, 0.1) is 43.9 Å². The third-order valence-electron chi connectivity index (χ3n) is 9.73. The van der Waals surface area contributed by atoms with Crippen LogP contribution in [0.2, 0.25) is 10.0 Å². The molecule has 48 heavy (non-hydrogen) atoms. The predicted octanol–water partition coefficient (Wildman–Crippen LogP) is 6.29. The minimum atomic E-state index is -4.22. The zero-order chi connectivity index (χ0) is 33.9. The van der Waals surface area contributed by atoms with Gasteiger partial charge in [0.2, 0.25) is 11.8 Å². The van der Waals surface area contributed by atoms with Crippen LogP contribution in [0.15, 0.2) is 30.3 Å². The number of benzene rings is 2. The Morgan fingerprint density at radius 3 is 2.46 bits per heavy atom. The summed E-state index contributed by atoms with van der Waals surface area (Å²) in [4.78, 5) is 33.1. The smallest absolute Gasteiger partial charge is 0.391 e. The largest absolute Gasteiger partial charge is 0.494 e. The van der Waals surface area contributed by atoms with Gasteiger partial charge in [-0.15, -0.1) is 0 Å². The number of nitrogens with zero attached hydrogens (tertiary/aromatic N) is 4. The number of hydrogen-bond acceptors (Lipinski definition) is 7. The van der Waals surface area contributed by atoms with Gasteiger partial charge >= 0.3 is 6.18 Å². The lowest BCUT2D eigenvalue weighted by atomic mass is 9.85. The molecule has 2 saturated carbocycles. The van der Waals surface area contributed by atoms with Crippen LogP contribution < -0.4 is 20.9 Å². The second kappa shape index (κ2) is 12.4. The van der Waals surface area contributed by atoms with Crippen LogP contribution in [0.1, 0.15) is 58.5 Å². The van der Waals surface area contributed by atoms with Crippen molar-refractivity contribution in [2.24, 2.45) is 24.8 Å². The molecule has 16 heteroatoms. The fourth-order valence-corrected chi connectivity index (χ4v) is 7.39. The van der Waals surface area contributed by atoms with Crippen LogP contribution in [-0.2, 0) is 13.6 Å². The Kier molecular flexibility index (Phi) is 8.35. The second-order valence-electron chi connectivity index (χ2n) is 12.9. The minimum Gasteiger partial charge on any atom is -0.494 e. The molecule has 3 heterocycles. The molecule has 2 aliphatic carbocycles. The van der Waals surface area contributed by atoms with Crippen molar-refractivity contribution < 1.29 is 27.9 Å². The van der Waals surface area contributed by atoms with E-state index in [-0.39, 0.29) is 60.8 Å². The third-order valence-corrected chi connectivity index (χ3v) is 10.5. The van der Waals surface area contributed by atoms with Crippen molar-refractivity contribution in [1.29, 1.82) is 0 Å². The summed E-state index contributed by atoms with van der Waals surface area (Å²) in [6.07, 6.45) is -2.49. The molecule has 11 nitrogen and oxygen atoms in total. The number of imidazole rings is 1. The topological polar surface area (TPSA) is 140 Å². The number of rotatable bonds is 8. The lowest BCUT2D eigenvalue weighted by molar-refractivity contribution is -0.182. The van der Waals surface area contributed by atoms with Gasteiger partial charge in [-0.2, -0.15) is 18.3 Å². The number of anilines is 3. The van der Waals surface area contributed by atoms with E-state index in [0.29, 0.717) is 45.1 Å². The fraction of sp³-hybridized carbons (Fsp3) is 0.438. The van der Waals surface area contributed by atoms with Crippen molar-refractivity contribution in [3.63, 3.8) is 0 Å². The van der Waals surface area contributed by atoms with E-state index in [1.807, 2.05) is 17.7 Å². The lowest BCUT2D eigenvalue weighted by Crippen LogP contribution is -2.40. The highest BCUT2D eigenvalue weighted by Gasteiger charge is 2.46. The van der Waals surface area contributed by atoms with Crippen LogP contribution >= 0.6 is 23.2 Å². The molecule has 3 aliphatic rings. The summed E-state index contributed by atoms with van der Waals surface area (Å²) in [6, 6.07) is 7.86. The first-order chi connectivity index (χ1) is 22.9. The Balaban J connectivity index is 1.14. The monoisotopic (exact) mass is 704 g/mol. The number of aryl methyl sites for hydroxylation is 1. The highest BCUT2D eigenvalue weighted by atomic mass is 35.5. The number of hydrogen-bond donors (Lipinski definition) is 5. The van der Waals surface area contributed by atoms with E-state index in [1.54, 1.807) is 18.2 Å². The maximum Gasteiger partial charge on any atom is 0.391 e. The molecule has 2 aromatic heterocycles. The van der Waals surface area contributed by atoms with E-state index < -0.39 is 18.0 Å². The summed E-state index contributed by atoms with van der Waals surface area (Å²) >= 11 is 13.3. The zero-order valence-electron chi connectivity index (χ0n) is 25.8. The molecule has 0 spiro atoms. The summed E-state index contributed by atoms with van der Waals surface area (Å²) in [5.41, 5.74) is 3.45. The van der Waals surface area contributed by atoms with E-state index in [1.165, 1.54) is 12.5 Å². The fourth-order valence-electron chi connectivity index (χ4n) is 6.86. The number of alkyl halides is 3. The first-order valence-electron chi connectivity index (χ1n) is 15.7. The van der Waals surface area contributed by atoms with Crippen molar-refractivity contribution in [3.05, 3.63) is 57.2 Å². The minimum absolute atomic E-state index is 0.00153. The van der Waals surface area contributed by atoms with E-state index >= 15 is 0 Å². The summed E-state index contributed by atoms with van der Waals surface area (Å²) in [7, 11) is 1.83. The van der Waals surface area contributed by atoms with Gasteiger partial charge < -0.3 is 30.5 Å². The first-order valence-corrected chi connectivity index (χ1v) is 16.5. The van der Waals surface area contributed by atoms with Crippen molar-refractivity contribution in [2.75, 3.05) is 23.3 Å². The quantitative estimate of drug-likeness (QED) is 0.145. The number of nitrogens with one attached hydrogen (secondary N) is 4. The highest BCUT2D eigenvalue weighted by Crippen LogP contribution is 2.47. The van der Waals surface area contributed by atoms with Gasteiger partial charge in [0.15, 0.2) is 5.69 Å². The standard InChI is InChI=1S/C32H33Cl2F3N8O3/c1-44-25-11-24(45-13-16-8-17(16)14-45)20(29(47)39-19-5-3-18(4-6-19)32(35,36)37)9-22(25)40-31(44)41-28-21(33)7-2-15(27(28)34)12-38-30(48)23-10-26(46)43-42-23/h2,7,9-11,16-19H,3-6,8,12-14H2,1H3,(H,38,48)(H,39,47)(H,40,41)(H2,42,43,46)/t16?,17?,18-,19-. The lowest BCUT2D eigenvalue weighted by Gasteiger charge is -2.31. The van der Waals surface area contributed by atoms with Gasteiger partial charge in [-0.25, -0.2) is 10.1 Å². The van der Waals surface area contributed by atoms with Gasteiger partial charge in [0.25, 0.3) is 11.8 Å². The van der Waals surface area contributed by atoms with Crippen LogP contribution in [0.25, 0.3) is 11.0 Å². The normalized spacial score (nSPS) is 22.1. The molecule has 1 aliphatic heterocycles. The molecule has 1 saturated heterocycles. The van der Waals surface area contributed by atoms with E-state index in [2.05, 4.69) is 31.0 Å². The van der Waals surface area contributed by atoms with Crippen LogP contribution in [0.5, 0.6) is 5.88 Å². The number of aromatic amines is 1. The summed E-state index contributed by atoms with van der Waals surface area (Å²) in [5, 5.41) is 25.0. The number of fused-ring (bicyclic) bond motifs is 2. The maximum atomic E-state index is 13.7. The van der Waals surface area contributed by atoms with Crippen molar-refractivity contribution in [3.8, 4) is 5.88 Å². The molecule has 5 N–H and O–H groups in total. The number of carbonyl (C=O) groups excluding carboxylic acids is 2. The van der Waals surface area contributed by atoms with E-state index in [4.69, 9.17) is 28.2 Å². The molecule has 254 valence electrons. The molecule has 2 amide bonds. The van der Waals surface area contributed by atoms with Crippen LogP contribution in [0, 0.1) is 17.8 Å². The Hall–Kier alpha value is -4.17. The van der Waals surface area contributed by atoms with Gasteiger partial charge in [-0.3, -0.25) is 9.59 Å². The Labute approximate surface area is 283 Å². The molecule has 4 aromatic rings. The zero-order valence-corrected chi connectivity index (χ0v) is 27.3. The summed E-state index contributed by atoms with van der Waals surface area (Å²) < 4.78 is 41.5. The highest BCUT2D eigenvalue weighted by molar-refractivity contribution is 6.39. The molecule has 2 unspecified atom stereocenters. The second-order valence-corrected chi connectivity index (χ2v) is 13.7. The van der Waals surface area contributed by atoms with Crippen LogP contribution in [0.3, 0.4) is 0 Å². The summed E-state index contributed by atoms with van der Waals surface area (Å²) in [6.45, 7) is 1.73. The predicted molar refractivity (Wildman–Crippen MR) is 175 cm³/mol. The molecule has 0 radical (unpaired) electrons. The van der Waals surface area contributed by atoms with Gasteiger partial charge in [-0.05, 0) is 67.7 Å². The van der Waals surface area contributed by atoms with E-state index in [0.717, 1.165) is 24.3 Å². The number of aromatic nitrogens is 4. The molecule has 2 atom stereocenters. The summed E-state index contributed by atoms with van der Waals surface area (Å²) in [5.74, 6) is -0.789. The van der Waals surface area contributed by atoms with Gasteiger partial charge in [0.1, 0.15) is 0 Å². The number of H-pyrrole nitrogens is 1. The average molecular weight is 706 g/mol. The number of halogens is 5. The Morgan fingerprint density at radius 1 is 1.06 bits per heavy atom. The number of carbonyl (C=O) groups is 2. The Morgan fingerprint density at radius 2 is 1.79 bits per heavy atom. The molecular formula is C32H33Cl2F3N8O3. The Bertz CT molecular complexity index is 1890. The molecule has 0 bridgehead atoms. The van der Waals surface area contributed by atoms with Gasteiger partial charge in [0, 0.05) is 38.8 Å². The molecule has 3 fully saturated rings. The molecule has 7 rings (SSSR count). The average Bonchev–Trinajstić information content (AvgIpc) is 3.32. The van der Waals surface area contributed by atoms with E-state index in [9.17, 15) is 27.9 Å². The van der Waals surface area contributed by atoms with Crippen LogP contribution in [0.4, 0.5) is 30.5 Å². The number of amides is 2. The molecule has 2 aromatic carbocycles. The van der Waals surface area contributed by atoms with Crippen molar-refractivity contribution in [2.45, 2.75) is 50.9 Å². The molecular weight excluding hydrogens is 672 g/mol. The maximum absolute atomic E-state index is 13.7. The van der Waals surface area contributed by atoms with Crippen LogP contribution in [-0.4, -0.2) is 62.0 Å². The SMILES string of the molecule is Cn1c(Nc2c(Cl)ccc(CNC(=O)c3cc(O)[nH]n3)c2Cl)nc2cc(C(=O)N[C@H]3CC[C@H](C(F)(F)F)CC3)c(N3CC4CC4C3)cc21. The van der Waals surface area contributed by atoms with Crippen molar-refractivity contribution >= 4 is 63.4 Å². The first kappa shape index (κ1) is 32.4.